The first-order valence-electron chi connectivity index (χ1n) is 6.19. The van der Waals surface area contributed by atoms with Gasteiger partial charge in [0.25, 0.3) is 5.69 Å². The van der Waals surface area contributed by atoms with E-state index in [9.17, 15) is 10.1 Å². The largest absolute Gasteiger partial charge is 0.377 e. The normalized spacial score (nSPS) is 10.5. The molecule has 2 rings (SSSR count). The number of aryl methyl sites for hydroxylation is 1. The maximum atomic E-state index is 11.1. The molecule has 1 aromatic heterocycles. The summed E-state index contributed by atoms with van der Waals surface area (Å²) in [6, 6.07) is 5.18. The summed E-state index contributed by atoms with van der Waals surface area (Å²) in [6.45, 7) is 3.65. The number of halogens is 2. The molecule has 0 fully saturated rings. The zero-order chi connectivity index (χ0) is 15.6. The Hall–Kier alpha value is -1.85. The molecule has 110 valence electrons. The van der Waals surface area contributed by atoms with E-state index in [0.717, 1.165) is 0 Å². The number of rotatable bonds is 4. The molecule has 1 heterocycles. The van der Waals surface area contributed by atoms with Gasteiger partial charge in [-0.25, -0.2) is 0 Å². The summed E-state index contributed by atoms with van der Waals surface area (Å²) in [4.78, 5) is 14.9. The van der Waals surface area contributed by atoms with Gasteiger partial charge < -0.3 is 5.32 Å². The zero-order valence-electron chi connectivity index (χ0n) is 11.5. The molecule has 21 heavy (non-hydrogen) atoms. The van der Waals surface area contributed by atoms with Gasteiger partial charge in [0.05, 0.1) is 38.5 Å². The molecule has 0 atom stereocenters. The van der Waals surface area contributed by atoms with Crippen LogP contribution in [-0.4, -0.2) is 9.91 Å². The van der Waals surface area contributed by atoms with Crippen LogP contribution in [0, 0.1) is 24.0 Å². The monoisotopic (exact) mass is 325 g/mol. The van der Waals surface area contributed by atoms with E-state index in [4.69, 9.17) is 23.2 Å². The molecule has 1 N–H and O–H groups in total. The molecular formula is C14H13Cl2N3O2. The summed E-state index contributed by atoms with van der Waals surface area (Å²) >= 11 is 12.1. The number of nitrogens with one attached hydrogen (secondary N) is 1. The van der Waals surface area contributed by atoms with Gasteiger partial charge in [0, 0.05) is 11.8 Å². The molecular weight excluding hydrogens is 313 g/mol. The van der Waals surface area contributed by atoms with Crippen molar-refractivity contribution < 1.29 is 4.92 Å². The SMILES string of the molecule is Cc1cnc(CNc2c(Cl)cccc2Cl)c(C)c1[N+](=O)[O-]. The van der Waals surface area contributed by atoms with Gasteiger partial charge in [-0.05, 0) is 26.0 Å². The van der Waals surface area contributed by atoms with Gasteiger partial charge in [-0.2, -0.15) is 0 Å². The summed E-state index contributed by atoms with van der Waals surface area (Å²) in [7, 11) is 0. The van der Waals surface area contributed by atoms with E-state index in [1.165, 1.54) is 6.20 Å². The highest BCUT2D eigenvalue weighted by atomic mass is 35.5. The first-order valence-corrected chi connectivity index (χ1v) is 6.94. The summed E-state index contributed by atoms with van der Waals surface area (Å²) in [5.74, 6) is 0. The first kappa shape index (κ1) is 15.5. The standard InChI is InChI=1S/C14H13Cl2N3O2/c1-8-6-17-12(9(2)14(8)19(20)21)7-18-13-10(15)4-3-5-11(13)16/h3-6,18H,7H2,1-2H3. The Kier molecular flexibility index (Phi) is 4.65. The van der Waals surface area contributed by atoms with Crippen LogP contribution in [0.15, 0.2) is 24.4 Å². The smallest absolute Gasteiger partial charge is 0.278 e. The molecule has 0 aliphatic rings. The van der Waals surface area contributed by atoms with Gasteiger partial charge in [0.15, 0.2) is 0 Å². The van der Waals surface area contributed by atoms with Crippen LogP contribution in [0.4, 0.5) is 11.4 Å². The van der Waals surface area contributed by atoms with Crippen LogP contribution in [0.5, 0.6) is 0 Å². The van der Waals surface area contributed by atoms with Crippen LogP contribution in [0.1, 0.15) is 16.8 Å². The van der Waals surface area contributed by atoms with Crippen molar-refractivity contribution in [3.63, 3.8) is 0 Å². The maximum Gasteiger partial charge on any atom is 0.278 e. The fourth-order valence-corrected chi connectivity index (χ4v) is 2.59. The third kappa shape index (κ3) is 3.25. The molecule has 1 aromatic carbocycles. The molecule has 0 aliphatic carbocycles. The van der Waals surface area contributed by atoms with Crippen molar-refractivity contribution in [1.29, 1.82) is 0 Å². The molecule has 0 saturated heterocycles. The van der Waals surface area contributed by atoms with Crippen LogP contribution in [0.25, 0.3) is 0 Å². The summed E-state index contributed by atoms with van der Waals surface area (Å²) in [6.07, 6.45) is 1.50. The molecule has 0 radical (unpaired) electrons. The Morgan fingerprint density at radius 2 is 1.90 bits per heavy atom. The van der Waals surface area contributed by atoms with E-state index >= 15 is 0 Å². The van der Waals surface area contributed by atoms with E-state index in [2.05, 4.69) is 10.3 Å². The molecule has 0 saturated carbocycles. The highest BCUT2D eigenvalue weighted by molar-refractivity contribution is 6.39. The van der Waals surface area contributed by atoms with Gasteiger partial charge in [-0.1, -0.05) is 29.3 Å². The Bertz CT molecular complexity index is 685. The van der Waals surface area contributed by atoms with Crippen LogP contribution >= 0.6 is 23.2 Å². The van der Waals surface area contributed by atoms with Crippen LogP contribution in [0.2, 0.25) is 10.0 Å². The van der Waals surface area contributed by atoms with E-state index < -0.39 is 4.92 Å². The highest BCUT2D eigenvalue weighted by Crippen LogP contribution is 2.31. The van der Waals surface area contributed by atoms with Crippen LogP contribution < -0.4 is 5.32 Å². The lowest BCUT2D eigenvalue weighted by Gasteiger charge is -2.12. The molecule has 0 amide bonds. The lowest BCUT2D eigenvalue weighted by Crippen LogP contribution is -2.07. The summed E-state index contributed by atoms with van der Waals surface area (Å²) < 4.78 is 0. The Balaban J connectivity index is 2.29. The van der Waals surface area contributed by atoms with E-state index in [0.29, 0.717) is 39.1 Å². The molecule has 0 aliphatic heterocycles. The average molecular weight is 326 g/mol. The van der Waals surface area contributed by atoms with Crippen molar-refractivity contribution in [2.24, 2.45) is 0 Å². The van der Waals surface area contributed by atoms with Crippen molar-refractivity contribution in [3.8, 4) is 0 Å². The molecule has 0 unspecified atom stereocenters. The van der Waals surface area contributed by atoms with Crippen molar-refractivity contribution in [2.75, 3.05) is 5.32 Å². The van der Waals surface area contributed by atoms with Crippen molar-refractivity contribution in [3.05, 3.63) is 61.4 Å². The fraction of sp³-hybridized carbons (Fsp3) is 0.214. The lowest BCUT2D eigenvalue weighted by atomic mass is 10.1. The van der Waals surface area contributed by atoms with Crippen LogP contribution in [0.3, 0.4) is 0 Å². The first-order chi connectivity index (χ1) is 9.91. The Morgan fingerprint density at radius 1 is 1.29 bits per heavy atom. The minimum Gasteiger partial charge on any atom is -0.377 e. The predicted octanol–water partition coefficient (Wildman–Crippen LogP) is 4.53. The number of hydrogen-bond donors (Lipinski definition) is 1. The molecule has 0 spiro atoms. The minimum absolute atomic E-state index is 0.0899. The molecule has 7 heteroatoms. The number of nitrogens with zero attached hydrogens (tertiary/aromatic N) is 2. The lowest BCUT2D eigenvalue weighted by molar-refractivity contribution is -0.386. The predicted molar refractivity (Wildman–Crippen MR) is 84.2 cm³/mol. The van der Waals surface area contributed by atoms with Crippen molar-refractivity contribution in [1.82, 2.24) is 4.98 Å². The number of nitro groups is 1. The average Bonchev–Trinajstić information content (AvgIpc) is 2.40. The second-order valence-corrected chi connectivity index (χ2v) is 5.38. The Labute approximate surface area is 132 Å². The van der Waals surface area contributed by atoms with Gasteiger partial charge in [0.2, 0.25) is 0 Å². The number of para-hydroxylation sites is 1. The summed E-state index contributed by atoms with van der Waals surface area (Å²) in [5, 5.41) is 15.1. The van der Waals surface area contributed by atoms with Crippen LogP contribution in [-0.2, 0) is 6.54 Å². The third-order valence-electron chi connectivity index (χ3n) is 3.15. The van der Waals surface area contributed by atoms with Gasteiger partial charge in [-0.15, -0.1) is 0 Å². The topological polar surface area (TPSA) is 68.1 Å². The second-order valence-electron chi connectivity index (χ2n) is 4.57. The number of hydrogen-bond acceptors (Lipinski definition) is 4. The van der Waals surface area contributed by atoms with Gasteiger partial charge in [0.1, 0.15) is 0 Å². The zero-order valence-corrected chi connectivity index (χ0v) is 13.0. The van der Waals surface area contributed by atoms with E-state index in [1.807, 2.05) is 0 Å². The summed E-state index contributed by atoms with van der Waals surface area (Å²) in [5.41, 5.74) is 2.34. The Morgan fingerprint density at radius 3 is 2.48 bits per heavy atom. The number of aromatic nitrogens is 1. The quantitative estimate of drug-likeness (QED) is 0.662. The second kappa shape index (κ2) is 6.28. The maximum absolute atomic E-state index is 11.1. The van der Waals surface area contributed by atoms with E-state index in [1.54, 1.807) is 32.0 Å². The fourth-order valence-electron chi connectivity index (χ4n) is 2.06. The third-order valence-corrected chi connectivity index (χ3v) is 3.78. The highest BCUT2D eigenvalue weighted by Gasteiger charge is 2.18. The van der Waals surface area contributed by atoms with Crippen molar-refractivity contribution in [2.45, 2.75) is 20.4 Å². The molecule has 2 aromatic rings. The van der Waals surface area contributed by atoms with Gasteiger partial charge in [-0.3, -0.25) is 15.1 Å². The van der Waals surface area contributed by atoms with Crippen molar-refractivity contribution >= 4 is 34.6 Å². The number of pyridine rings is 1. The number of benzene rings is 1. The molecule has 0 bridgehead atoms. The number of anilines is 1. The molecule has 5 nitrogen and oxygen atoms in total. The van der Waals surface area contributed by atoms with E-state index in [-0.39, 0.29) is 5.69 Å². The minimum atomic E-state index is -0.391. The van der Waals surface area contributed by atoms with Gasteiger partial charge >= 0.3 is 0 Å².